The minimum atomic E-state index is -0.138. The number of hydrogen-bond acceptors (Lipinski definition) is 4. The average Bonchev–Trinajstić information content (AvgIpc) is 3.20. The summed E-state index contributed by atoms with van der Waals surface area (Å²) >= 11 is 0. The maximum absolute atomic E-state index is 12.1. The molecule has 0 unspecified atom stereocenters. The van der Waals surface area contributed by atoms with Crippen LogP contribution in [0.1, 0.15) is 35.4 Å². The number of pyridine rings is 1. The van der Waals surface area contributed by atoms with E-state index in [9.17, 15) is 4.79 Å². The van der Waals surface area contributed by atoms with E-state index in [0.29, 0.717) is 18.0 Å². The van der Waals surface area contributed by atoms with Gasteiger partial charge in [-0.1, -0.05) is 30.3 Å². The Morgan fingerprint density at radius 1 is 1.19 bits per heavy atom. The van der Waals surface area contributed by atoms with Crippen LogP contribution in [0.2, 0.25) is 0 Å². The number of hydrogen-bond donors (Lipinski definition) is 1. The Kier molecular flexibility index (Phi) is 5.98. The molecule has 0 bridgehead atoms. The Hall–Kier alpha value is -3.15. The molecule has 0 aliphatic rings. The molecule has 6 heteroatoms. The van der Waals surface area contributed by atoms with Crippen LogP contribution in [0.3, 0.4) is 0 Å². The molecule has 3 aromatic rings. The van der Waals surface area contributed by atoms with Crippen molar-refractivity contribution in [2.45, 2.75) is 26.0 Å². The summed E-state index contributed by atoms with van der Waals surface area (Å²) in [7, 11) is 0. The van der Waals surface area contributed by atoms with E-state index in [0.717, 1.165) is 18.5 Å². The number of carbonyl (C=O) groups is 1. The number of nitrogens with one attached hydrogen (secondary N) is 1. The van der Waals surface area contributed by atoms with Gasteiger partial charge in [0.05, 0.1) is 5.56 Å². The fourth-order valence-electron chi connectivity index (χ4n) is 2.54. The van der Waals surface area contributed by atoms with Crippen molar-refractivity contribution in [1.29, 1.82) is 0 Å². The van der Waals surface area contributed by atoms with Crippen molar-refractivity contribution in [1.82, 2.24) is 20.1 Å². The van der Waals surface area contributed by atoms with Crippen LogP contribution in [-0.4, -0.2) is 27.2 Å². The van der Waals surface area contributed by atoms with Crippen LogP contribution in [-0.2, 0) is 6.54 Å². The van der Waals surface area contributed by atoms with Gasteiger partial charge in [0.1, 0.15) is 6.10 Å². The largest absolute Gasteiger partial charge is 0.470 e. The SMILES string of the molecule is C[C@@H](Oc1ccc(C(=O)NCCCn2cccn2)cn1)c1ccccc1. The molecule has 1 N–H and O–H groups in total. The highest BCUT2D eigenvalue weighted by molar-refractivity contribution is 5.93. The molecule has 2 heterocycles. The lowest BCUT2D eigenvalue weighted by Crippen LogP contribution is -2.25. The van der Waals surface area contributed by atoms with E-state index in [-0.39, 0.29) is 12.0 Å². The molecule has 26 heavy (non-hydrogen) atoms. The Morgan fingerprint density at radius 2 is 2.04 bits per heavy atom. The molecule has 1 aromatic carbocycles. The molecule has 2 aromatic heterocycles. The lowest BCUT2D eigenvalue weighted by Gasteiger charge is -2.14. The molecule has 0 saturated carbocycles. The molecule has 134 valence electrons. The Balaban J connectivity index is 1.46. The highest BCUT2D eigenvalue weighted by atomic mass is 16.5. The molecular formula is C20H22N4O2. The van der Waals surface area contributed by atoms with Gasteiger partial charge in [-0.3, -0.25) is 9.48 Å². The molecule has 0 radical (unpaired) electrons. The van der Waals surface area contributed by atoms with Crippen molar-refractivity contribution in [3.8, 4) is 5.88 Å². The molecule has 3 rings (SSSR count). The minimum Gasteiger partial charge on any atom is -0.470 e. The van der Waals surface area contributed by atoms with E-state index in [2.05, 4.69) is 15.4 Å². The summed E-state index contributed by atoms with van der Waals surface area (Å²) in [5.74, 6) is 0.359. The van der Waals surface area contributed by atoms with Crippen molar-refractivity contribution in [2.24, 2.45) is 0 Å². The number of carbonyl (C=O) groups excluding carboxylic acids is 1. The third-order valence-corrected chi connectivity index (χ3v) is 3.97. The number of amides is 1. The van der Waals surface area contributed by atoms with Crippen LogP contribution in [0.25, 0.3) is 0 Å². The van der Waals surface area contributed by atoms with Crippen LogP contribution in [0.4, 0.5) is 0 Å². The van der Waals surface area contributed by atoms with Crippen LogP contribution in [0.5, 0.6) is 5.88 Å². The van der Waals surface area contributed by atoms with Crippen molar-refractivity contribution in [3.05, 3.63) is 78.2 Å². The van der Waals surface area contributed by atoms with Crippen LogP contribution < -0.4 is 10.1 Å². The third-order valence-electron chi connectivity index (χ3n) is 3.97. The lowest BCUT2D eigenvalue weighted by molar-refractivity contribution is 0.0952. The number of aromatic nitrogens is 3. The van der Waals surface area contributed by atoms with Crippen molar-refractivity contribution < 1.29 is 9.53 Å². The number of rotatable bonds is 8. The third kappa shape index (κ3) is 4.92. The van der Waals surface area contributed by atoms with E-state index in [4.69, 9.17) is 4.74 Å². The smallest absolute Gasteiger partial charge is 0.252 e. The van der Waals surface area contributed by atoms with E-state index in [1.165, 1.54) is 6.20 Å². The zero-order valence-corrected chi connectivity index (χ0v) is 14.7. The zero-order valence-electron chi connectivity index (χ0n) is 14.7. The van der Waals surface area contributed by atoms with Crippen LogP contribution in [0.15, 0.2) is 67.1 Å². The van der Waals surface area contributed by atoms with Crippen molar-refractivity contribution >= 4 is 5.91 Å². The van der Waals surface area contributed by atoms with E-state index in [1.807, 2.05) is 54.2 Å². The normalized spacial score (nSPS) is 11.7. The molecule has 1 amide bonds. The first-order valence-corrected chi connectivity index (χ1v) is 8.65. The van der Waals surface area contributed by atoms with Crippen molar-refractivity contribution in [3.63, 3.8) is 0 Å². The average molecular weight is 350 g/mol. The summed E-state index contributed by atoms with van der Waals surface area (Å²) in [6.45, 7) is 3.33. The minimum absolute atomic E-state index is 0.106. The number of nitrogens with zero attached hydrogens (tertiary/aromatic N) is 3. The van der Waals surface area contributed by atoms with Crippen LogP contribution in [0, 0.1) is 0 Å². The lowest BCUT2D eigenvalue weighted by atomic mass is 10.1. The van der Waals surface area contributed by atoms with Gasteiger partial charge in [0.15, 0.2) is 0 Å². The first-order valence-electron chi connectivity index (χ1n) is 8.65. The van der Waals surface area contributed by atoms with Gasteiger partial charge in [0.25, 0.3) is 5.91 Å². The number of benzene rings is 1. The summed E-state index contributed by atoms with van der Waals surface area (Å²) in [5.41, 5.74) is 1.59. The highest BCUT2D eigenvalue weighted by Crippen LogP contribution is 2.19. The van der Waals surface area contributed by atoms with Crippen LogP contribution >= 0.6 is 0 Å². The van der Waals surface area contributed by atoms with Gasteiger partial charge >= 0.3 is 0 Å². The maximum Gasteiger partial charge on any atom is 0.252 e. The van der Waals surface area contributed by atoms with E-state index >= 15 is 0 Å². The summed E-state index contributed by atoms with van der Waals surface area (Å²) in [5, 5.41) is 7.01. The van der Waals surface area contributed by atoms with Gasteiger partial charge in [-0.2, -0.15) is 5.10 Å². The second-order valence-corrected chi connectivity index (χ2v) is 5.93. The number of ether oxygens (including phenoxy) is 1. The molecule has 6 nitrogen and oxygen atoms in total. The quantitative estimate of drug-likeness (QED) is 0.633. The second-order valence-electron chi connectivity index (χ2n) is 5.93. The summed E-state index contributed by atoms with van der Waals surface area (Å²) in [6.07, 6.45) is 5.89. The van der Waals surface area contributed by atoms with E-state index < -0.39 is 0 Å². The predicted molar refractivity (Wildman–Crippen MR) is 98.9 cm³/mol. The zero-order chi connectivity index (χ0) is 18.2. The fourth-order valence-corrected chi connectivity index (χ4v) is 2.54. The molecule has 0 saturated heterocycles. The molecule has 0 spiro atoms. The van der Waals surface area contributed by atoms with Crippen molar-refractivity contribution in [2.75, 3.05) is 6.54 Å². The molecule has 0 aliphatic carbocycles. The Labute approximate surface area is 152 Å². The van der Waals surface area contributed by atoms with Gasteiger partial charge < -0.3 is 10.1 Å². The van der Waals surface area contributed by atoms with Gasteiger partial charge in [-0.25, -0.2) is 4.98 Å². The van der Waals surface area contributed by atoms with Gasteiger partial charge in [0, 0.05) is 37.7 Å². The summed E-state index contributed by atoms with van der Waals surface area (Å²) < 4.78 is 7.66. The second kappa shape index (κ2) is 8.80. The van der Waals surface area contributed by atoms with Gasteiger partial charge in [-0.05, 0) is 31.0 Å². The van der Waals surface area contributed by atoms with E-state index in [1.54, 1.807) is 18.3 Å². The molecule has 0 aliphatic heterocycles. The monoisotopic (exact) mass is 350 g/mol. The maximum atomic E-state index is 12.1. The summed E-state index contributed by atoms with van der Waals surface area (Å²) in [6, 6.07) is 15.3. The standard InChI is InChI=1S/C20H22N4O2/c1-16(17-7-3-2-4-8-17)26-19-10-9-18(15-22-19)20(25)21-11-5-13-24-14-6-12-23-24/h2-4,6-10,12,14-16H,5,11,13H2,1H3,(H,21,25)/t16-/m1/s1. The first-order chi connectivity index (χ1) is 12.7. The fraction of sp³-hybridized carbons (Fsp3) is 0.250. The van der Waals surface area contributed by atoms with Gasteiger partial charge in [-0.15, -0.1) is 0 Å². The number of aryl methyl sites for hydroxylation is 1. The first kappa shape index (κ1) is 17.7. The molecular weight excluding hydrogens is 328 g/mol. The topological polar surface area (TPSA) is 69.0 Å². The Morgan fingerprint density at radius 3 is 2.73 bits per heavy atom. The molecule has 1 atom stereocenters. The predicted octanol–water partition coefficient (Wildman–Crippen LogP) is 3.24. The molecule has 0 fully saturated rings. The Bertz CT molecular complexity index is 802. The summed E-state index contributed by atoms with van der Waals surface area (Å²) in [4.78, 5) is 16.4. The van der Waals surface area contributed by atoms with Gasteiger partial charge in [0.2, 0.25) is 5.88 Å². The highest BCUT2D eigenvalue weighted by Gasteiger charge is 2.09.